The number of aryl methyl sites for hydroxylation is 1. The number of ether oxygens (including phenoxy) is 1. The molecule has 26 heavy (non-hydrogen) atoms. The number of carbonyl (C=O) groups excluding carboxylic acids is 1. The van der Waals surface area contributed by atoms with E-state index in [4.69, 9.17) is 4.74 Å². The first-order valence-corrected chi connectivity index (χ1v) is 9.52. The van der Waals surface area contributed by atoms with Crippen LogP contribution in [0.3, 0.4) is 0 Å². The van der Waals surface area contributed by atoms with Crippen LogP contribution in [0.5, 0.6) is 5.75 Å². The standard InChI is InChI=1S/C20H21FN2O2S/c21-15-7-9-16(10-8-15)25-14-4-3-13-22-19(24)11-12-20-23-17-5-1-2-6-18(17)26-20/h1-2,5-10H,3-4,11-14H2,(H,22,24). The average Bonchev–Trinajstić information content (AvgIpc) is 3.07. The number of halogens is 1. The van der Waals surface area contributed by atoms with Gasteiger partial charge in [0.2, 0.25) is 5.91 Å². The quantitative estimate of drug-likeness (QED) is 0.568. The minimum absolute atomic E-state index is 0.0451. The summed E-state index contributed by atoms with van der Waals surface area (Å²) in [6.45, 7) is 1.18. The van der Waals surface area contributed by atoms with Crippen LogP contribution in [0.4, 0.5) is 4.39 Å². The van der Waals surface area contributed by atoms with Gasteiger partial charge in [0, 0.05) is 19.4 Å². The molecule has 4 nitrogen and oxygen atoms in total. The molecule has 1 heterocycles. The highest BCUT2D eigenvalue weighted by molar-refractivity contribution is 7.18. The van der Waals surface area contributed by atoms with Crippen LogP contribution in [-0.2, 0) is 11.2 Å². The summed E-state index contributed by atoms with van der Waals surface area (Å²) in [4.78, 5) is 16.5. The first-order valence-electron chi connectivity index (χ1n) is 8.70. The monoisotopic (exact) mass is 372 g/mol. The lowest BCUT2D eigenvalue weighted by Gasteiger charge is -2.07. The maximum Gasteiger partial charge on any atom is 0.220 e. The maximum atomic E-state index is 12.8. The van der Waals surface area contributed by atoms with Crippen molar-refractivity contribution < 1.29 is 13.9 Å². The van der Waals surface area contributed by atoms with Gasteiger partial charge in [-0.1, -0.05) is 12.1 Å². The molecule has 0 radical (unpaired) electrons. The van der Waals surface area contributed by atoms with Gasteiger partial charge in [0.15, 0.2) is 0 Å². The van der Waals surface area contributed by atoms with Crippen LogP contribution >= 0.6 is 11.3 Å². The zero-order valence-corrected chi connectivity index (χ0v) is 15.2. The second kappa shape index (κ2) is 9.29. The molecule has 136 valence electrons. The highest BCUT2D eigenvalue weighted by Crippen LogP contribution is 2.22. The van der Waals surface area contributed by atoms with E-state index in [-0.39, 0.29) is 11.7 Å². The number of benzene rings is 2. The lowest BCUT2D eigenvalue weighted by atomic mass is 10.2. The van der Waals surface area contributed by atoms with Gasteiger partial charge in [0.1, 0.15) is 11.6 Å². The number of carbonyl (C=O) groups is 1. The Morgan fingerprint density at radius 2 is 1.92 bits per heavy atom. The summed E-state index contributed by atoms with van der Waals surface area (Å²) in [5.74, 6) is 0.431. The van der Waals surface area contributed by atoms with Crippen molar-refractivity contribution in [3.63, 3.8) is 0 Å². The molecule has 0 aliphatic rings. The minimum Gasteiger partial charge on any atom is -0.494 e. The van der Waals surface area contributed by atoms with Gasteiger partial charge in [0.05, 0.1) is 21.8 Å². The van der Waals surface area contributed by atoms with E-state index in [0.717, 1.165) is 28.1 Å². The molecule has 0 atom stereocenters. The Morgan fingerprint density at radius 3 is 2.73 bits per heavy atom. The van der Waals surface area contributed by atoms with Crippen LogP contribution in [0.1, 0.15) is 24.3 Å². The molecule has 1 amide bonds. The van der Waals surface area contributed by atoms with E-state index in [1.165, 1.54) is 12.1 Å². The van der Waals surface area contributed by atoms with Crippen molar-refractivity contribution in [2.45, 2.75) is 25.7 Å². The second-order valence-electron chi connectivity index (χ2n) is 5.93. The smallest absolute Gasteiger partial charge is 0.220 e. The van der Waals surface area contributed by atoms with Gasteiger partial charge < -0.3 is 10.1 Å². The third-order valence-corrected chi connectivity index (χ3v) is 4.98. The van der Waals surface area contributed by atoms with Gasteiger partial charge >= 0.3 is 0 Å². The van der Waals surface area contributed by atoms with Crippen LogP contribution in [-0.4, -0.2) is 24.0 Å². The van der Waals surface area contributed by atoms with Crippen molar-refractivity contribution in [2.75, 3.05) is 13.2 Å². The van der Waals surface area contributed by atoms with E-state index < -0.39 is 0 Å². The zero-order valence-electron chi connectivity index (χ0n) is 14.4. The molecular weight excluding hydrogens is 351 g/mol. The number of amides is 1. The summed E-state index contributed by atoms with van der Waals surface area (Å²) < 4.78 is 19.4. The number of unbranched alkanes of at least 4 members (excludes halogenated alkanes) is 1. The van der Waals surface area contributed by atoms with Gasteiger partial charge in [0.25, 0.3) is 0 Å². The molecule has 0 aliphatic carbocycles. The molecule has 0 bridgehead atoms. The van der Waals surface area contributed by atoms with Gasteiger partial charge in [-0.05, 0) is 49.2 Å². The Bertz CT molecular complexity index is 815. The van der Waals surface area contributed by atoms with E-state index in [0.29, 0.717) is 31.7 Å². The molecule has 0 saturated heterocycles. The second-order valence-corrected chi connectivity index (χ2v) is 7.05. The first-order chi connectivity index (χ1) is 12.7. The van der Waals surface area contributed by atoms with Gasteiger partial charge in [-0.15, -0.1) is 11.3 Å². The summed E-state index contributed by atoms with van der Waals surface area (Å²) >= 11 is 1.64. The average molecular weight is 372 g/mol. The fraction of sp³-hybridized carbons (Fsp3) is 0.300. The highest BCUT2D eigenvalue weighted by atomic mass is 32.1. The number of hydrogen-bond acceptors (Lipinski definition) is 4. The highest BCUT2D eigenvalue weighted by Gasteiger charge is 2.06. The van der Waals surface area contributed by atoms with Crippen LogP contribution in [0.15, 0.2) is 48.5 Å². The first kappa shape index (κ1) is 18.3. The van der Waals surface area contributed by atoms with E-state index in [2.05, 4.69) is 10.3 Å². The van der Waals surface area contributed by atoms with Crippen molar-refractivity contribution >= 4 is 27.5 Å². The van der Waals surface area contributed by atoms with E-state index in [1.54, 1.807) is 23.5 Å². The van der Waals surface area contributed by atoms with Gasteiger partial charge in [-0.2, -0.15) is 0 Å². The number of aromatic nitrogens is 1. The Kier molecular flexibility index (Phi) is 6.55. The summed E-state index contributed by atoms with van der Waals surface area (Å²) in [7, 11) is 0. The Balaban J connectivity index is 1.27. The third-order valence-electron chi connectivity index (χ3n) is 3.88. The van der Waals surface area contributed by atoms with Crippen LogP contribution in [0.25, 0.3) is 10.2 Å². The number of thiazole rings is 1. The van der Waals surface area contributed by atoms with E-state index >= 15 is 0 Å². The van der Waals surface area contributed by atoms with Crippen LogP contribution in [0, 0.1) is 5.82 Å². The maximum absolute atomic E-state index is 12.8. The Morgan fingerprint density at radius 1 is 1.12 bits per heavy atom. The Hall–Kier alpha value is -2.47. The summed E-state index contributed by atoms with van der Waals surface area (Å²) in [5, 5.41) is 3.92. The molecular formula is C20H21FN2O2S. The van der Waals surface area contributed by atoms with Crippen molar-refractivity contribution in [2.24, 2.45) is 0 Å². The predicted octanol–water partition coefficient (Wildman–Crippen LogP) is 4.34. The fourth-order valence-corrected chi connectivity index (χ4v) is 3.48. The predicted molar refractivity (Wildman–Crippen MR) is 102 cm³/mol. The number of hydrogen-bond donors (Lipinski definition) is 1. The largest absolute Gasteiger partial charge is 0.494 e. The molecule has 1 N–H and O–H groups in total. The normalized spacial score (nSPS) is 10.8. The van der Waals surface area contributed by atoms with Crippen LogP contribution in [0.2, 0.25) is 0 Å². The number of fused-ring (bicyclic) bond motifs is 1. The zero-order chi connectivity index (χ0) is 18.2. The lowest BCUT2D eigenvalue weighted by molar-refractivity contribution is -0.121. The van der Waals surface area contributed by atoms with E-state index in [9.17, 15) is 9.18 Å². The third kappa shape index (κ3) is 5.52. The SMILES string of the molecule is O=C(CCc1nc2ccccc2s1)NCCCCOc1ccc(F)cc1. The summed E-state index contributed by atoms with van der Waals surface area (Å²) in [6, 6.07) is 14.0. The lowest BCUT2D eigenvalue weighted by Crippen LogP contribution is -2.24. The van der Waals surface area contributed by atoms with Crippen LogP contribution < -0.4 is 10.1 Å². The van der Waals surface area contributed by atoms with Crippen molar-refractivity contribution in [1.82, 2.24) is 10.3 Å². The van der Waals surface area contributed by atoms with Crippen molar-refractivity contribution in [1.29, 1.82) is 0 Å². The Labute approximate surface area is 156 Å². The number of nitrogens with zero attached hydrogens (tertiary/aromatic N) is 1. The van der Waals surface area contributed by atoms with Gasteiger partial charge in [-0.25, -0.2) is 9.37 Å². The fourth-order valence-electron chi connectivity index (χ4n) is 2.51. The number of rotatable bonds is 9. The van der Waals surface area contributed by atoms with Crippen molar-refractivity contribution in [3.8, 4) is 5.75 Å². The molecule has 0 aliphatic heterocycles. The number of nitrogens with one attached hydrogen (secondary N) is 1. The topological polar surface area (TPSA) is 51.2 Å². The molecule has 0 unspecified atom stereocenters. The summed E-state index contributed by atoms with van der Waals surface area (Å²) in [5.41, 5.74) is 0.995. The van der Waals surface area contributed by atoms with E-state index in [1.807, 2.05) is 24.3 Å². The molecule has 0 saturated carbocycles. The molecule has 0 spiro atoms. The molecule has 0 fully saturated rings. The molecule has 6 heteroatoms. The minimum atomic E-state index is -0.272. The van der Waals surface area contributed by atoms with Gasteiger partial charge in [-0.3, -0.25) is 4.79 Å². The molecule has 2 aromatic carbocycles. The number of para-hydroxylation sites is 1. The molecule has 1 aromatic heterocycles. The van der Waals surface area contributed by atoms with Crippen molar-refractivity contribution in [3.05, 3.63) is 59.4 Å². The summed E-state index contributed by atoms with van der Waals surface area (Å²) in [6.07, 6.45) is 2.79. The molecule has 3 aromatic rings. The molecule has 3 rings (SSSR count).